The molecule has 1 fully saturated rings. The molecule has 5 heteroatoms. The van der Waals surface area contributed by atoms with E-state index in [1.54, 1.807) is 36.1 Å². The third-order valence-corrected chi connectivity index (χ3v) is 3.45. The van der Waals surface area contributed by atoms with Gasteiger partial charge in [-0.15, -0.1) is 0 Å². The van der Waals surface area contributed by atoms with Crippen molar-refractivity contribution in [2.24, 2.45) is 0 Å². The van der Waals surface area contributed by atoms with Gasteiger partial charge in [0, 0.05) is 24.3 Å². The second kappa shape index (κ2) is 5.44. The number of rotatable bonds is 3. The maximum absolute atomic E-state index is 12.0. The van der Waals surface area contributed by atoms with Crippen molar-refractivity contribution in [3.63, 3.8) is 0 Å². The molecule has 1 aromatic carbocycles. The van der Waals surface area contributed by atoms with Gasteiger partial charge in [-0.3, -0.25) is 9.59 Å². The van der Waals surface area contributed by atoms with E-state index in [1.165, 1.54) is 0 Å². The van der Waals surface area contributed by atoms with Crippen molar-refractivity contribution in [2.75, 3.05) is 16.8 Å². The Labute approximate surface area is 122 Å². The molecule has 2 amide bonds. The first-order chi connectivity index (χ1) is 10.1. The number of anilines is 2. The molecule has 1 saturated heterocycles. The number of hydrogen-bond donors (Lipinski definition) is 1. The van der Waals surface area contributed by atoms with Crippen LogP contribution in [0.3, 0.4) is 0 Å². The van der Waals surface area contributed by atoms with Crippen LogP contribution < -0.4 is 10.2 Å². The van der Waals surface area contributed by atoms with Gasteiger partial charge in [-0.25, -0.2) is 0 Å². The molecule has 1 aliphatic heterocycles. The van der Waals surface area contributed by atoms with Crippen LogP contribution in [0.25, 0.3) is 0 Å². The normalized spacial score (nSPS) is 14.5. The zero-order valence-electron chi connectivity index (χ0n) is 11.8. The van der Waals surface area contributed by atoms with Crippen molar-refractivity contribution in [1.29, 1.82) is 0 Å². The summed E-state index contributed by atoms with van der Waals surface area (Å²) in [6, 6.07) is 10.7. The highest BCUT2D eigenvalue weighted by molar-refractivity contribution is 6.03. The Morgan fingerprint density at radius 3 is 2.81 bits per heavy atom. The molecule has 21 heavy (non-hydrogen) atoms. The molecule has 5 nitrogen and oxygen atoms in total. The van der Waals surface area contributed by atoms with E-state index in [0.717, 1.165) is 18.7 Å². The average molecular weight is 284 g/mol. The molecule has 0 bridgehead atoms. The summed E-state index contributed by atoms with van der Waals surface area (Å²) < 4.78 is 5.29. The fourth-order valence-corrected chi connectivity index (χ4v) is 2.42. The van der Waals surface area contributed by atoms with Gasteiger partial charge < -0.3 is 14.6 Å². The van der Waals surface area contributed by atoms with Gasteiger partial charge in [0.05, 0.1) is 0 Å². The molecule has 2 heterocycles. The summed E-state index contributed by atoms with van der Waals surface area (Å²) in [5.74, 6) is 0.792. The lowest BCUT2D eigenvalue weighted by molar-refractivity contribution is -0.117. The van der Waals surface area contributed by atoms with Crippen LogP contribution in [-0.4, -0.2) is 18.4 Å². The first-order valence-electron chi connectivity index (χ1n) is 6.92. The highest BCUT2D eigenvalue weighted by Gasteiger charge is 2.22. The van der Waals surface area contributed by atoms with Crippen molar-refractivity contribution < 1.29 is 14.0 Å². The number of nitrogens with one attached hydrogen (secondary N) is 1. The molecule has 108 valence electrons. The summed E-state index contributed by atoms with van der Waals surface area (Å²) in [5, 5.41) is 2.78. The number of nitrogens with zero attached hydrogens (tertiary/aromatic N) is 1. The summed E-state index contributed by atoms with van der Waals surface area (Å²) in [5.41, 5.74) is 1.46. The smallest absolute Gasteiger partial charge is 0.291 e. The Hall–Kier alpha value is -2.56. The predicted molar refractivity (Wildman–Crippen MR) is 79.4 cm³/mol. The summed E-state index contributed by atoms with van der Waals surface area (Å²) in [6.07, 6.45) is 1.46. The van der Waals surface area contributed by atoms with Crippen molar-refractivity contribution >= 4 is 23.2 Å². The van der Waals surface area contributed by atoms with Crippen LogP contribution >= 0.6 is 0 Å². The van der Waals surface area contributed by atoms with Gasteiger partial charge in [-0.1, -0.05) is 6.07 Å². The van der Waals surface area contributed by atoms with E-state index in [4.69, 9.17) is 4.42 Å². The number of furan rings is 1. The van der Waals surface area contributed by atoms with Gasteiger partial charge in [0.25, 0.3) is 5.91 Å². The number of aryl methyl sites for hydroxylation is 1. The lowest BCUT2D eigenvalue weighted by Crippen LogP contribution is -2.23. The monoisotopic (exact) mass is 284 g/mol. The Balaban J connectivity index is 1.77. The van der Waals surface area contributed by atoms with Crippen LogP contribution in [-0.2, 0) is 4.79 Å². The third kappa shape index (κ3) is 2.81. The molecule has 2 aromatic rings. The van der Waals surface area contributed by atoms with Gasteiger partial charge in [0.1, 0.15) is 5.76 Å². The van der Waals surface area contributed by atoms with Crippen molar-refractivity contribution in [3.8, 4) is 0 Å². The van der Waals surface area contributed by atoms with E-state index in [0.29, 0.717) is 17.9 Å². The molecule has 1 aromatic heterocycles. The molecule has 0 unspecified atom stereocenters. The predicted octanol–water partition coefficient (Wildman–Crippen LogP) is 2.97. The van der Waals surface area contributed by atoms with Gasteiger partial charge in [-0.2, -0.15) is 0 Å². The SMILES string of the molecule is Cc1ccc(C(=O)Nc2cccc(N3CCCC3=O)c2)o1. The van der Waals surface area contributed by atoms with Crippen LogP contribution in [0.1, 0.15) is 29.2 Å². The maximum Gasteiger partial charge on any atom is 0.291 e. The molecule has 0 saturated carbocycles. The minimum atomic E-state index is -0.298. The van der Waals surface area contributed by atoms with E-state index >= 15 is 0 Å². The molecular weight excluding hydrogens is 268 g/mol. The Bertz CT molecular complexity index is 690. The second-order valence-electron chi connectivity index (χ2n) is 5.06. The van der Waals surface area contributed by atoms with E-state index < -0.39 is 0 Å². The Morgan fingerprint density at radius 1 is 1.29 bits per heavy atom. The molecule has 0 atom stereocenters. The minimum absolute atomic E-state index is 0.125. The van der Waals surface area contributed by atoms with Gasteiger partial charge in [0.2, 0.25) is 5.91 Å². The number of carbonyl (C=O) groups excluding carboxylic acids is 2. The van der Waals surface area contributed by atoms with Crippen molar-refractivity contribution in [3.05, 3.63) is 47.9 Å². The van der Waals surface area contributed by atoms with Gasteiger partial charge >= 0.3 is 0 Å². The summed E-state index contributed by atoms with van der Waals surface area (Å²) in [6.45, 7) is 2.52. The van der Waals surface area contributed by atoms with Crippen molar-refractivity contribution in [2.45, 2.75) is 19.8 Å². The molecule has 1 aliphatic rings. The van der Waals surface area contributed by atoms with E-state index in [-0.39, 0.29) is 17.6 Å². The largest absolute Gasteiger partial charge is 0.456 e. The Kier molecular flexibility index (Phi) is 3.48. The quantitative estimate of drug-likeness (QED) is 0.942. The van der Waals surface area contributed by atoms with Gasteiger partial charge in [0.15, 0.2) is 5.76 Å². The van der Waals surface area contributed by atoms with E-state index in [2.05, 4.69) is 5.32 Å². The van der Waals surface area contributed by atoms with Crippen LogP contribution in [0.15, 0.2) is 40.8 Å². The number of hydrogen-bond acceptors (Lipinski definition) is 3. The van der Waals surface area contributed by atoms with Crippen molar-refractivity contribution in [1.82, 2.24) is 0 Å². The van der Waals surface area contributed by atoms with Crippen LogP contribution in [0.4, 0.5) is 11.4 Å². The van der Waals surface area contributed by atoms with Crippen LogP contribution in [0, 0.1) is 6.92 Å². The van der Waals surface area contributed by atoms with Crippen LogP contribution in [0.2, 0.25) is 0 Å². The molecule has 3 rings (SSSR count). The fourth-order valence-electron chi connectivity index (χ4n) is 2.42. The second-order valence-corrected chi connectivity index (χ2v) is 5.06. The highest BCUT2D eigenvalue weighted by atomic mass is 16.3. The van der Waals surface area contributed by atoms with E-state index in [9.17, 15) is 9.59 Å². The van der Waals surface area contributed by atoms with Crippen LogP contribution in [0.5, 0.6) is 0 Å². The number of benzene rings is 1. The maximum atomic E-state index is 12.0. The topological polar surface area (TPSA) is 62.6 Å². The number of carbonyl (C=O) groups is 2. The summed E-state index contributed by atoms with van der Waals surface area (Å²) in [4.78, 5) is 25.5. The zero-order chi connectivity index (χ0) is 14.8. The zero-order valence-corrected chi connectivity index (χ0v) is 11.8. The molecule has 1 N–H and O–H groups in total. The Morgan fingerprint density at radius 2 is 2.14 bits per heavy atom. The standard InChI is InChI=1S/C16H16N2O3/c1-11-7-8-14(21-11)16(20)17-12-4-2-5-13(10-12)18-9-3-6-15(18)19/h2,4-5,7-8,10H,3,6,9H2,1H3,(H,17,20). The third-order valence-electron chi connectivity index (χ3n) is 3.45. The minimum Gasteiger partial charge on any atom is -0.456 e. The average Bonchev–Trinajstić information content (AvgIpc) is 3.08. The molecule has 0 spiro atoms. The summed E-state index contributed by atoms with van der Waals surface area (Å²) >= 11 is 0. The molecular formula is C16H16N2O3. The summed E-state index contributed by atoms with van der Waals surface area (Å²) in [7, 11) is 0. The highest BCUT2D eigenvalue weighted by Crippen LogP contribution is 2.24. The van der Waals surface area contributed by atoms with E-state index in [1.807, 2.05) is 12.1 Å². The lowest BCUT2D eigenvalue weighted by atomic mass is 10.2. The number of amides is 2. The fraction of sp³-hybridized carbons (Fsp3) is 0.250. The lowest BCUT2D eigenvalue weighted by Gasteiger charge is -2.16. The van der Waals surface area contributed by atoms with Gasteiger partial charge in [-0.05, 0) is 43.7 Å². The first-order valence-corrected chi connectivity index (χ1v) is 6.92. The molecule has 0 radical (unpaired) electrons. The first kappa shape index (κ1) is 13.4. The molecule has 0 aliphatic carbocycles.